The van der Waals surface area contributed by atoms with Crippen molar-refractivity contribution in [2.24, 2.45) is 5.92 Å². The van der Waals surface area contributed by atoms with E-state index < -0.39 is 66.0 Å². The molecule has 31 heavy (non-hydrogen) atoms. The highest BCUT2D eigenvalue weighted by Gasteiger charge is 2.56. The first kappa shape index (κ1) is 24.5. The second kappa shape index (κ2) is 9.15. The van der Waals surface area contributed by atoms with Gasteiger partial charge in [-0.15, -0.1) is 0 Å². The van der Waals surface area contributed by atoms with Crippen LogP contribution in [-0.2, 0) is 33.4 Å². The highest BCUT2D eigenvalue weighted by Crippen LogP contribution is 2.39. The Morgan fingerprint density at radius 1 is 1.29 bits per heavy atom. The van der Waals surface area contributed by atoms with Crippen molar-refractivity contribution >= 4 is 23.7 Å². The van der Waals surface area contributed by atoms with Crippen LogP contribution in [0.1, 0.15) is 41.0 Å². The summed E-state index contributed by atoms with van der Waals surface area (Å²) in [6.07, 6.45) is -3.02. The van der Waals surface area contributed by atoms with Crippen LogP contribution < -0.4 is 0 Å². The molecule has 0 bridgehead atoms. The molecule has 0 spiro atoms. The third kappa shape index (κ3) is 4.94. The molecule has 0 amide bonds. The van der Waals surface area contributed by atoms with Gasteiger partial charge in [-0.1, -0.05) is 12.7 Å². The van der Waals surface area contributed by atoms with E-state index in [4.69, 9.17) is 14.2 Å². The molecule has 2 N–H and O–H groups in total. The van der Waals surface area contributed by atoms with Crippen molar-refractivity contribution in [3.05, 3.63) is 35.5 Å². The number of esters is 3. The number of rotatable bonds is 3. The zero-order valence-electron chi connectivity index (χ0n) is 18.2. The lowest BCUT2D eigenvalue weighted by atomic mass is 9.77. The minimum Gasteiger partial charge on any atom is -0.455 e. The lowest BCUT2D eigenvalue weighted by Gasteiger charge is -2.39. The molecule has 2 aliphatic rings. The van der Waals surface area contributed by atoms with Crippen LogP contribution in [0.4, 0.5) is 0 Å². The third-order valence-corrected chi connectivity index (χ3v) is 5.66. The summed E-state index contributed by atoms with van der Waals surface area (Å²) in [5.74, 6) is -4.33. The van der Waals surface area contributed by atoms with E-state index in [0.29, 0.717) is 5.57 Å². The Balaban J connectivity index is 2.73. The fourth-order valence-electron chi connectivity index (χ4n) is 3.54. The van der Waals surface area contributed by atoms with Crippen LogP contribution in [0.2, 0.25) is 0 Å². The average molecular weight is 436 g/mol. The van der Waals surface area contributed by atoms with Gasteiger partial charge in [0.1, 0.15) is 6.10 Å². The molecule has 2 rings (SSSR count). The average Bonchev–Trinajstić information content (AvgIpc) is 2.95. The molecule has 1 heterocycles. The fraction of sp³-hybridized carbons (Fsp3) is 0.545. The van der Waals surface area contributed by atoms with Crippen molar-refractivity contribution in [1.29, 1.82) is 0 Å². The maximum absolute atomic E-state index is 12.9. The third-order valence-electron chi connectivity index (χ3n) is 5.66. The number of carbonyl (C=O) groups excluding carboxylic acids is 4. The Morgan fingerprint density at radius 2 is 1.90 bits per heavy atom. The van der Waals surface area contributed by atoms with Gasteiger partial charge < -0.3 is 24.4 Å². The van der Waals surface area contributed by atoms with Gasteiger partial charge in [0.25, 0.3) is 0 Å². The molecule has 1 saturated heterocycles. The highest BCUT2D eigenvalue weighted by atomic mass is 16.6. The topological polar surface area (TPSA) is 136 Å². The monoisotopic (exact) mass is 436 g/mol. The zero-order valence-corrected chi connectivity index (χ0v) is 18.2. The number of carbonyl (C=O) groups is 4. The fourth-order valence-corrected chi connectivity index (χ4v) is 3.54. The molecule has 1 aliphatic heterocycles. The summed E-state index contributed by atoms with van der Waals surface area (Å²) in [6.45, 7) is 10.5. The van der Waals surface area contributed by atoms with Crippen molar-refractivity contribution in [3.8, 4) is 0 Å². The summed E-state index contributed by atoms with van der Waals surface area (Å²) in [5.41, 5.74) is -1.89. The molecule has 0 unspecified atom stereocenters. The van der Waals surface area contributed by atoms with Crippen LogP contribution >= 0.6 is 0 Å². The molecule has 1 fully saturated rings. The van der Waals surface area contributed by atoms with Crippen molar-refractivity contribution in [3.63, 3.8) is 0 Å². The molecule has 9 heteroatoms. The van der Waals surface area contributed by atoms with E-state index in [1.165, 1.54) is 26.0 Å². The summed E-state index contributed by atoms with van der Waals surface area (Å²) >= 11 is 0. The highest BCUT2D eigenvalue weighted by molar-refractivity contribution is 5.93. The summed E-state index contributed by atoms with van der Waals surface area (Å²) in [6, 6.07) is 0. The van der Waals surface area contributed by atoms with E-state index in [9.17, 15) is 29.4 Å². The van der Waals surface area contributed by atoms with Crippen molar-refractivity contribution in [2.75, 3.05) is 0 Å². The second-order valence-electron chi connectivity index (χ2n) is 7.99. The Bertz CT molecular complexity index is 864. The zero-order chi connectivity index (χ0) is 23.7. The molecule has 170 valence electrons. The molecule has 0 aromatic rings. The second-order valence-corrected chi connectivity index (χ2v) is 7.99. The molecule has 1 aliphatic carbocycles. The molecule has 0 saturated carbocycles. The lowest BCUT2D eigenvalue weighted by Crippen LogP contribution is -2.59. The van der Waals surface area contributed by atoms with Gasteiger partial charge in [0.2, 0.25) is 0 Å². The van der Waals surface area contributed by atoms with Gasteiger partial charge >= 0.3 is 17.9 Å². The Labute approximate surface area is 180 Å². The summed E-state index contributed by atoms with van der Waals surface area (Å²) in [4.78, 5) is 49.6. The quantitative estimate of drug-likeness (QED) is 0.286. The van der Waals surface area contributed by atoms with Gasteiger partial charge in [-0.05, 0) is 39.3 Å². The normalized spacial score (nSPS) is 36.1. The van der Waals surface area contributed by atoms with Crippen molar-refractivity contribution < 1.29 is 43.6 Å². The lowest BCUT2D eigenvalue weighted by molar-refractivity contribution is -0.195. The van der Waals surface area contributed by atoms with E-state index in [2.05, 4.69) is 6.58 Å². The van der Waals surface area contributed by atoms with Crippen molar-refractivity contribution in [1.82, 2.24) is 0 Å². The number of aliphatic hydroxyl groups is 2. The summed E-state index contributed by atoms with van der Waals surface area (Å²) < 4.78 is 16.2. The molecule has 0 aromatic heterocycles. The number of fused-ring (bicyclic) bond motifs is 1. The smallest absolute Gasteiger partial charge is 0.334 e. The number of hydrogen-bond acceptors (Lipinski definition) is 9. The van der Waals surface area contributed by atoms with Crippen LogP contribution in [0.15, 0.2) is 35.5 Å². The van der Waals surface area contributed by atoms with Gasteiger partial charge in [-0.2, -0.15) is 0 Å². The first-order valence-corrected chi connectivity index (χ1v) is 9.84. The predicted octanol–water partition coefficient (Wildman–Crippen LogP) is 0.925. The molecule has 9 nitrogen and oxygen atoms in total. The number of allylic oxidation sites excluding steroid dienone is 1. The predicted molar refractivity (Wildman–Crippen MR) is 107 cm³/mol. The van der Waals surface area contributed by atoms with E-state index in [1.807, 2.05) is 0 Å². The van der Waals surface area contributed by atoms with Crippen LogP contribution in [0, 0.1) is 5.92 Å². The van der Waals surface area contributed by atoms with Gasteiger partial charge in [-0.25, -0.2) is 9.59 Å². The van der Waals surface area contributed by atoms with E-state index in [0.717, 1.165) is 13.8 Å². The van der Waals surface area contributed by atoms with Gasteiger partial charge in [-0.3, -0.25) is 9.59 Å². The first-order valence-electron chi connectivity index (χ1n) is 9.84. The molecule has 0 aromatic carbocycles. The number of ketones is 1. The Hall–Kier alpha value is -2.78. The van der Waals surface area contributed by atoms with Gasteiger partial charge in [0.05, 0.1) is 12.0 Å². The number of ether oxygens (including phenoxy) is 3. The minimum atomic E-state index is -2.35. The summed E-state index contributed by atoms with van der Waals surface area (Å²) in [5, 5.41) is 21.5. The number of aliphatic hydroxyl groups excluding tert-OH is 1. The van der Waals surface area contributed by atoms with Crippen LogP contribution in [0.5, 0.6) is 0 Å². The molecule has 6 atom stereocenters. The van der Waals surface area contributed by atoms with E-state index in [-0.39, 0.29) is 11.1 Å². The van der Waals surface area contributed by atoms with Crippen LogP contribution in [-0.4, -0.2) is 63.9 Å². The van der Waals surface area contributed by atoms with Crippen LogP contribution in [0.25, 0.3) is 0 Å². The first-order chi connectivity index (χ1) is 14.3. The number of hydrogen-bond donors (Lipinski definition) is 2. The Morgan fingerprint density at radius 3 is 2.45 bits per heavy atom. The molecular weight excluding hydrogens is 408 g/mol. The minimum absolute atomic E-state index is 0.0829. The largest absolute Gasteiger partial charge is 0.455 e. The molecular formula is C22H28O9. The van der Waals surface area contributed by atoms with E-state index in [1.54, 1.807) is 6.92 Å². The SMILES string of the molecule is C=C1C(=O)O[C@@H]2/C=C(\C)[C@@H](O)CC(=O)[C@@](C)(O)[C@@H](OC(C)=O)[C@@H](OC(=O)/C(C)=C/C)[C@@H]12. The summed E-state index contributed by atoms with van der Waals surface area (Å²) in [7, 11) is 0. The van der Waals surface area contributed by atoms with E-state index >= 15 is 0 Å². The van der Waals surface area contributed by atoms with Crippen LogP contribution in [0.3, 0.4) is 0 Å². The van der Waals surface area contributed by atoms with Gasteiger partial charge in [0.15, 0.2) is 23.6 Å². The standard InChI is InChI=1S/C22H28O9/c1-7-10(2)20(26)31-18-17-12(4)21(27)30-15(17)8-11(3)14(24)9-16(25)22(6,28)19(18)29-13(5)23/h7-8,14-15,17-19,24,28H,4,9H2,1-3,5-6H3/b10-7+,11-8+/t14-,15+,17-,18-,19-,22+/m0/s1. The Kier molecular flexibility index (Phi) is 7.23. The maximum atomic E-state index is 12.9. The van der Waals surface area contributed by atoms with Crippen molar-refractivity contribution in [2.45, 2.75) is 71.1 Å². The maximum Gasteiger partial charge on any atom is 0.334 e. The van der Waals surface area contributed by atoms with Gasteiger partial charge in [0, 0.05) is 24.5 Å². The number of Topliss-reactive ketones (excluding diaryl/α,β-unsaturated/α-hetero) is 1. The molecule has 0 radical (unpaired) electrons.